The van der Waals surface area contributed by atoms with E-state index in [0.717, 1.165) is 19.5 Å². The third-order valence-corrected chi connectivity index (χ3v) is 4.35. The van der Waals surface area contributed by atoms with Crippen LogP contribution in [0.25, 0.3) is 0 Å². The number of nitrogens with one attached hydrogen (secondary N) is 2. The first-order valence-electron chi connectivity index (χ1n) is 6.66. The molecular weight excluding hydrogens is 292 g/mol. The van der Waals surface area contributed by atoms with Crippen LogP contribution in [-0.4, -0.2) is 16.5 Å². The highest BCUT2D eigenvalue weighted by Gasteiger charge is 2.06. The van der Waals surface area contributed by atoms with Crippen LogP contribution in [0.4, 0.5) is 11.8 Å². The van der Waals surface area contributed by atoms with Crippen molar-refractivity contribution in [2.45, 2.75) is 33.7 Å². The van der Waals surface area contributed by atoms with Crippen molar-refractivity contribution in [1.82, 2.24) is 9.97 Å². The first kappa shape index (κ1) is 15.1. The second-order valence-corrected chi connectivity index (χ2v) is 6.37. The fourth-order valence-electron chi connectivity index (χ4n) is 1.72. The molecular formula is C14H19ClN4S. The van der Waals surface area contributed by atoms with Crippen LogP contribution in [0.5, 0.6) is 0 Å². The molecule has 0 bridgehead atoms. The molecule has 0 radical (unpaired) electrons. The number of aryl methyl sites for hydroxylation is 2. The SMILES string of the molecule is CCCNc1ncc(Cl)c(NCc2cc(C)c(C)s2)n1. The first-order valence-corrected chi connectivity index (χ1v) is 7.85. The molecule has 2 N–H and O–H groups in total. The molecule has 0 atom stereocenters. The lowest BCUT2D eigenvalue weighted by Crippen LogP contribution is -2.07. The van der Waals surface area contributed by atoms with Crippen molar-refractivity contribution < 1.29 is 0 Å². The largest absolute Gasteiger partial charge is 0.364 e. The Hall–Kier alpha value is -1.33. The van der Waals surface area contributed by atoms with Crippen molar-refractivity contribution in [2.75, 3.05) is 17.2 Å². The average molecular weight is 311 g/mol. The molecule has 0 amide bonds. The minimum Gasteiger partial charge on any atom is -0.364 e. The highest BCUT2D eigenvalue weighted by atomic mass is 35.5. The van der Waals surface area contributed by atoms with E-state index in [0.29, 0.717) is 16.8 Å². The zero-order chi connectivity index (χ0) is 14.5. The second kappa shape index (κ2) is 6.90. The smallest absolute Gasteiger partial charge is 0.224 e. The summed E-state index contributed by atoms with van der Waals surface area (Å²) in [6, 6.07) is 2.19. The number of aromatic nitrogens is 2. The maximum atomic E-state index is 6.12. The van der Waals surface area contributed by atoms with Gasteiger partial charge in [0.05, 0.1) is 12.7 Å². The van der Waals surface area contributed by atoms with Crippen molar-refractivity contribution in [3.8, 4) is 0 Å². The average Bonchev–Trinajstić information content (AvgIpc) is 2.75. The Morgan fingerprint density at radius 1 is 1.30 bits per heavy atom. The maximum absolute atomic E-state index is 6.12. The van der Waals surface area contributed by atoms with Crippen LogP contribution in [-0.2, 0) is 6.54 Å². The Bertz CT molecular complexity index is 563. The fraction of sp³-hybridized carbons (Fsp3) is 0.429. The summed E-state index contributed by atoms with van der Waals surface area (Å²) in [5, 5.41) is 6.97. The summed E-state index contributed by atoms with van der Waals surface area (Å²) in [5.41, 5.74) is 1.32. The van der Waals surface area contributed by atoms with Gasteiger partial charge in [-0.15, -0.1) is 11.3 Å². The number of nitrogens with zero attached hydrogens (tertiary/aromatic N) is 2. The van der Waals surface area contributed by atoms with E-state index in [1.54, 1.807) is 17.5 Å². The molecule has 2 heterocycles. The number of anilines is 2. The molecule has 0 aliphatic carbocycles. The highest BCUT2D eigenvalue weighted by Crippen LogP contribution is 2.24. The highest BCUT2D eigenvalue weighted by molar-refractivity contribution is 7.12. The Kier molecular flexibility index (Phi) is 5.20. The van der Waals surface area contributed by atoms with E-state index in [1.807, 2.05) is 0 Å². The van der Waals surface area contributed by atoms with Gasteiger partial charge in [0.2, 0.25) is 5.95 Å². The van der Waals surface area contributed by atoms with Gasteiger partial charge in [-0.1, -0.05) is 18.5 Å². The van der Waals surface area contributed by atoms with E-state index in [4.69, 9.17) is 11.6 Å². The molecule has 0 aliphatic heterocycles. The van der Waals surface area contributed by atoms with Gasteiger partial charge in [0.15, 0.2) is 5.82 Å². The van der Waals surface area contributed by atoms with Gasteiger partial charge in [0.1, 0.15) is 5.02 Å². The van der Waals surface area contributed by atoms with Crippen molar-refractivity contribution in [3.63, 3.8) is 0 Å². The minimum atomic E-state index is 0.539. The van der Waals surface area contributed by atoms with Gasteiger partial charge in [-0.2, -0.15) is 4.98 Å². The van der Waals surface area contributed by atoms with E-state index in [1.165, 1.54) is 15.3 Å². The number of halogens is 1. The summed E-state index contributed by atoms with van der Waals surface area (Å²) in [6.07, 6.45) is 2.66. The number of thiophene rings is 1. The molecule has 6 heteroatoms. The molecule has 2 aromatic rings. The molecule has 2 rings (SSSR count). The normalized spacial score (nSPS) is 10.6. The second-order valence-electron chi connectivity index (χ2n) is 4.62. The predicted octanol–water partition coefficient (Wildman–Crippen LogP) is 4.24. The lowest BCUT2D eigenvalue weighted by Gasteiger charge is -2.08. The molecule has 2 aromatic heterocycles. The van der Waals surface area contributed by atoms with Crippen LogP contribution in [0.15, 0.2) is 12.3 Å². The van der Waals surface area contributed by atoms with E-state index in [2.05, 4.69) is 47.4 Å². The molecule has 20 heavy (non-hydrogen) atoms. The number of rotatable bonds is 6. The van der Waals surface area contributed by atoms with Gasteiger partial charge < -0.3 is 10.6 Å². The van der Waals surface area contributed by atoms with E-state index >= 15 is 0 Å². The van der Waals surface area contributed by atoms with Crippen LogP contribution in [0.2, 0.25) is 5.02 Å². The molecule has 0 saturated heterocycles. The van der Waals surface area contributed by atoms with Crippen LogP contribution < -0.4 is 10.6 Å². The Balaban J connectivity index is 2.04. The van der Waals surface area contributed by atoms with Crippen LogP contribution in [0.3, 0.4) is 0 Å². The first-order chi connectivity index (χ1) is 9.60. The van der Waals surface area contributed by atoms with E-state index < -0.39 is 0 Å². The van der Waals surface area contributed by atoms with E-state index in [9.17, 15) is 0 Å². The standard InChI is InChI=1S/C14H19ClN4S/c1-4-5-16-14-18-8-12(15)13(19-14)17-7-11-6-9(2)10(3)20-11/h6,8H,4-5,7H2,1-3H3,(H2,16,17,18,19). The lowest BCUT2D eigenvalue weighted by molar-refractivity contribution is 0.950. The Morgan fingerprint density at radius 3 is 2.75 bits per heavy atom. The van der Waals surface area contributed by atoms with Crippen molar-refractivity contribution in [1.29, 1.82) is 0 Å². The Morgan fingerprint density at radius 2 is 2.10 bits per heavy atom. The minimum absolute atomic E-state index is 0.539. The summed E-state index contributed by atoms with van der Waals surface area (Å²) in [4.78, 5) is 11.2. The van der Waals surface area contributed by atoms with Gasteiger partial charge in [0, 0.05) is 16.3 Å². The molecule has 0 fully saturated rings. The zero-order valence-corrected chi connectivity index (χ0v) is 13.5. The van der Waals surface area contributed by atoms with Gasteiger partial charge in [-0.25, -0.2) is 4.98 Å². The molecule has 108 valence electrons. The van der Waals surface area contributed by atoms with E-state index in [-0.39, 0.29) is 0 Å². The monoisotopic (exact) mass is 310 g/mol. The summed E-state index contributed by atoms with van der Waals surface area (Å²) < 4.78 is 0. The summed E-state index contributed by atoms with van der Waals surface area (Å²) in [7, 11) is 0. The Labute approximate surface area is 128 Å². The maximum Gasteiger partial charge on any atom is 0.224 e. The van der Waals surface area contributed by atoms with Crippen LogP contribution >= 0.6 is 22.9 Å². The third-order valence-electron chi connectivity index (χ3n) is 2.92. The van der Waals surface area contributed by atoms with Crippen molar-refractivity contribution in [3.05, 3.63) is 32.6 Å². The quantitative estimate of drug-likeness (QED) is 0.837. The molecule has 0 saturated carbocycles. The zero-order valence-electron chi connectivity index (χ0n) is 12.0. The summed E-state index contributed by atoms with van der Waals surface area (Å²) in [5.74, 6) is 1.28. The van der Waals surface area contributed by atoms with Crippen molar-refractivity contribution >= 4 is 34.7 Å². The molecule has 0 aliphatic rings. The topological polar surface area (TPSA) is 49.8 Å². The third kappa shape index (κ3) is 3.84. The predicted molar refractivity (Wildman–Crippen MR) is 86.9 cm³/mol. The van der Waals surface area contributed by atoms with Gasteiger partial charge in [0.25, 0.3) is 0 Å². The van der Waals surface area contributed by atoms with Crippen molar-refractivity contribution in [2.24, 2.45) is 0 Å². The summed E-state index contributed by atoms with van der Waals surface area (Å²) >= 11 is 7.91. The fourth-order valence-corrected chi connectivity index (χ4v) is 2.87. The molecule has 0 unspecified atom stereocenters. The number of hydrogen-bond acceptors (Lipinski definition) is 5. The van der Waals surface area contributed by atoms with Gasteiger partial charge >= 0.3 is 0 Å². The molecule has 4 nitrogen and oxygen atoms in total. The number of hydrogen-bond donors (Lipinski definition) is 2. The lowest BCUT2D eigenvalue weighted by atomic mass is 10.3. The van der Waals surface area contributed by atoms with Crippen LogP contribution in [0, 0.1) is 13.8 Å². The summed E-state index contributed by atoms with van der Waals surface area (Å²) in [6.45, 7) is 7.94. The van der Waals surface area contributed by atoms with Gasteiger partial charge in [-0.05, 0) is 31.9 Å². The molecule has 0 spiro atoms. The molecule has 0 aromatic carbocycles. The van der Waals surface area contributed by atoms with Gasteiger partial charge in [-0.3, -0.25) is 0 Å². The van der Waals surface area contributed by atoms with Crippen LogP contribution in [0.1, 0.15) is 28.7 Å².